The molecule has 0 saturated heterocycles. The molecule has 19 heavy (non-hydrogen) atoms. The van der Waals surface area contributed by atoms with Gasteiger partial charge in [0.05, 0.1) is 6.54 Å². The summed E-state index contributed by atoms with van der Waals surface area (Å²) < 4.78 is 1.77. The second-order valence-corrected chi connectivity index (χ2v) is 4.40. The summed E-state index contributed by atoms with van der Waals surface area (Å²) >= 11 is 0. The van der Waals surface area contributed by atoms with Crippen LogP contribution in [0.2, 0.25) is 0 Å². The summed E-state index contributed by atoms with van der Waals surface area (Å²) in [4.78, 5) is 15.9. The van der Waals surface area contributed by atoms with E-state index >= 15 is 0 Å². The molecule has 2 aromatic rings. The number of carbonyl (C=O) groups excluding carboxylic acids is 1. The predicted molar refractivity (Wildman–Crippen MR) is 72.8 cm³/mol. The van der Waals surface area contributed by atoms with Crippen LogP contribution in [0.5, 0.6) is 0 Å². The van der Waals surface area contributed by atoms with E-state index in [0.29, 0.717) is 12.4 Å². The topological polar surface area (TPSA) is 71.8 Å². The Morgan fingerprint density at radius 1 is 1.42 bits per heavy atom. The van der Waals surface area contributed by atoms with Crippen LogP contribution in [0, 0.1) is 6.92 Å². The predicted octanol–water partition coefficient (Wildman–Crippen LogP) is 1.80. The molecule has 2 heterocycles. The number of amides is 2. The van der Waals surface area contributed by atoms with Crippen molar-refractivity contribution in [3.8, 4) is 0 Å². The number of carbonyl (C=O) groups is 1. The van der Waals surface area contributed by atoms with Gasteiger partial charge in [-0.25, -0.2) is 9.78 Å². The molecular weight excluding hydrogens is 242 g/mol. The Morgan fingerprint density at radius 3 is 2.95 bits per heavy atom. The van der Waals surface area contributed by atoms with Gasteiger partial charge in [-0.2, -0.15) is 5.10 Å². The summed E-state index contributed by atoms with van der Waals surface area (Å²) in [6, 6.07) is 5.30. The second kappa shape index (κ2) is 5.99. The Morgan fingerprint density at radius 2 is 2.26 bits per heavy atom. The van der Waals surface area contributed by atoms with Crippen LogP contribution in [0.1, 0.15) is 12.5 Å². The lowest BCUT2D eigenvalue weighted by atomic mass is 10.3. The second-order valence-electron chi connectivity index (χ2n) is 4.40. The lowest BCUT2D eigenvalue weighted by Gasteiger charge is -2.15. The van der Waals surface area contributed by atoms with Crippen LogP contribution in [-0.4, -0.2) is 26.8 Å². The highest BCUT2D eigenvalue weighted by Crippen LogP contribution is 2.08. The standard InChI is InChI=1S/C13H17N5O/c1-10-5-3-6-14-12(10)17-13(19)16-11(2)9-18-8-4-7-15-18/h3-8,11H,9H2,1-2H3,(H2,14,16,17,19)/t11-/m1/s1. The van der Waals surface area contributed by atoms with Gasteiger partial charge in [-0.1, -0.05) is 6.07 Å². The molecule has 2 rings (SSSR count). The lowest BCUT2D eigenvalue weighted by molar-refractivity contribution is 0.247. The van der Waals surface area contributed by atoms with Gasteiger partial charge in [0.2, 0.25) is 0 Å². The fraction of sp³-hybridized carbons (Fsp3) is 0.308. The first-order chi connectivity index (χ1) is 9.15. The zero-order valence-electron chi connectivity index (χ0n) is 11.0. The first-order valence-corrected chi connectivity index (χ1v) is 6.11. The van der Waals surface area contributed by atoms with Crippen molar-refractivity contribution in [1.29, 1.82) is 0 Å². The first kappa shape index (κ1) is 13.1. The molecule has 0 aliphatic carbocycles. The van der Waals surface area contributed by atoms with Crippen LogP contribution < -0.4 is 10.6 Å². The minimum absolute atomic E-state index is 0.0241. The molecule has 0 unspecified atom stereocenters. The highest BCUT2D eigenvalue weighted by atomic mass is 16.2. The number of nitrogens with zero attached hydrogens (tertiary/aromatic N) is 3. The number of nitrogens with one attached hydrogen (secondary N) is 2. The van der Waals surface area contributed by atoms with Gasteiger partial charge in [0.25, 0.3) is 0 Å². The Balaban J connectivity index is 1.86. The molecule has 100 valence electrons. The maximum Gasteiger partial charge on any atom is 0.320 e. The summed E-state index contributed by atoms with van der Waals surface area (Å²) in [5.41, 5.74) is 0.928. The van der Waals surface area contributed by atoms with Gasteiger partial charge < -0.3 is 5.32 Å². The zero-order chi connectivity index (χ0) is 13.7. The van der Waals surface area contributed by atoms with Gasteiger partial charge in [-0.3, -0.25) is 10.00 Å². The lowest BCUT2D eigenvalue weighted by Crippen LogP contribution is -2.39. The van der Waals surface area contributed by atoms with Crippen molar-refractivity contribution in [2.24, 2.45) is 0 Å². The molecule has 2 N–H and O–H groups in total. The first-order valence-electron chi connectivity index (χ1n) is 6.11. The van der Waals surface area contributed by atoms with Crippen LogP contribution in [0.25, 0.3) is 0 Å². The molecule has 0 fully saturated rings. The Bertz CT molecular complexity index is 538. The van der Waals surface area contributed by atoms with Gasteiger partial charge in [-0.15, -0.1) is 0 Å². The number of urea groups is 1. The van der Waals surface area contributed by atoms with Crippen molar-refractivity contribution in [1.82, 2.24) is 20.1 Å². The summed E-state index contributed by atoms with van der Waals surface area (Å²) in [7, 11) is 0. The summed E-state index contributed by atoms with van der Waals surface area (Å²) in [5, 5.41) is 9.67. The number of anilines is 1. The van der Waals surface area contributed by atoms with Gasteiger partial charge in [0.15, 0.2) is 0 Å². The van der Waals surface area contributed by atoms with Crippen molar-refractivity contribution in [3.05, 3.63) is 42.4 Å². The number of aryl methyl sites for hydroxylation is 1. The number of hydrogen-bond acceptors (Lipinski definition) is 3. The summed E-state index contributed by atoms with van der Waals surface area (Å²) in [6.07, 6.45) is 5.22. The highest BCUT2D eigenvalue weighted by molar-refractivity contribution is 5.89. The molecule has 0 aromatic carbocycles. The van der Waals surface area contributed by atoms with Gasteiger partial charge >= 0.3 is 6.03 Å². The Kier molecular flexibility index (Phi) is 4.12. The molecule has 2 amide bonds. The SMILES string of the molecule is Cc1cccnc1NC(=O)N[C@H](C)Cn1cccn1. The van der Waals surface area contributed by atoms with Gasteiger partial charge in [-0.05, 0) is 31.5 Å². The van der Waals surface area contributed by atoms with Gasteiger partial charge in [0, 0.05) is 24.6 Å². The number of hydrogen-bond donors (Lipinski definition) is 2. The van der Waals surface area contributed by atoms with E-state index in [1.807, 2.05) is 38.2 Å². The minimum Gasteiger partial charge on any atom is -0.334 e. The summed E-state index contributed by atoms with van der Waals surface area (Å²) in [6.45, 7) is 4.45. The fourth-order valence-corrected chi connectivity index (χ4v) is 1.72. The highest BCUT2D eigenvalue weighted by Gasteiger charge is 2.09. The third-order valence-corrected chi connectivity index (χ3v) is 2.64. The monoisotopic (exact) mass is 259 g/mol. The Hall–Kier alpha value is -2.37. The minimum atomic E-state index is -0.263. The average Bonchev–Trinajstić information content (AvgIpc) is 2.84. The van der Waals surface area contributed by atoms with Crippen LogP contribution >= 0.6 is 0 Å². The van der Waals surface area contributed by atoms with Crippen molar-refractivity contribution in [2.75, 3.05) is 5.32 Å². The van der Waals surface area contributed by atoms with E-state index in [2.05, 4.69) is 20.7 Å². The van der Waals surface area contributed by atoms with E-state index < -0.39 is 0 Å². The van der Waals surface area contributed by atoms with Gasteiger partial charge in [0.1, 0.15) is 5.82 Å². The molecule has 6 heteroatoms. The zero-order valence-corrected chi connectivity index (χ0v) is 11.0. The van der Waals surface area contributed by atoms with Crippen molar-refractivity contribution >= 4 is 11.8 Å². The summed E-state index contributed by atoms with van der Waals surface area (Å²) in [5.74, 6) is 0.575. The van der Waals surface area contributed by atoms with E-state index in [4.69, 9.17) is 0 Å². The van der Waals surface area contributed by atoms with E-state index in [-0.39, 0.29) is 12.1 Å². The molecule has 0 saturated carbocycles. The van der Waals surface area contributed by atoms with Crippen LogP contribution in [0.4, 0.5) is 10.6 Å². The van der Waals surface area contributed by atoms with E-state index in [1.165, 1.54) is 0 Å². The molecule has 0 spiro atoms. The largest absolute Gasteiger partial charge is 0.334 e. The average molecular weight is 259 g/mol. The van der Waals surface area contributed by atoms with E-state index in [0.717, 1.165) is 5.56 Å². The van der Waals surface area contributed by atoms with Crippen LogP contribution in [0.15, 0.2) is 36.8 Å². The van der Waals surface area contributed by atoms with E-state index in [9.17, 15) is 4.79 Å². The quantitative estimate of drug-likeness (QED) is 0.879. The number of aromatic nitrogens is 3. The normalized spacial score (nSPS) is 11.9. The van der Waals surface area contributed by atoms with Crippen molar-refractivity contribution < 1.29 is 4.79 Å². The molecule has 0 bridgehead atoms. The van der Waals surface area contributed by atoms with Crippen molar-refractivity contribution in [3.63, 3.8) is 0 Å². The third kappa shape index (κ3) is 3.80. The Labute approximate surface area is 111 Å². The maximum atomic E-state index is 11.8. The van der Waals surface area contributed by atoms with Crippen LogP contribution in [0.3, 0.4) is 0 Å². The molecule has 2 aromatic heterocycles. The molecule has 6 nitrogen and oxygen atoms in total. The molecule has 0 aliphatic heterocycles. The molecule has 0 radical (unpaired) electrons. The number of pyridine rings is 1. The number of rotatable bonds is 4. The molecule has 1 atom stereocenters. The third-order valence-electron chi connectivity index (χ3n) is 2.64. The smallest absolute Gasteiger partial charge is 0.320 e. The van der Waals surface area contributed by atoms with Crippen LogP contribution in [-0.2, 0) is 6.54 Å². The van der Waals surface area contributed by atoms with E-state index in [1.54, 1.807) is 17.1 Å². The fourth-order valence-electron chi connectivity index (χ4n) is 1.72. The maximum absolute atomic E-state index is 11.8. The molecule has 0 aliphatic rings. The van der Waals surface area contributed by atoms with Crippen molar-refractivity contribution in [2.45, 2.75) is 26.4 Å². The molecular formula is C13H17N5O.